The molecule has 0 spiro atoms. The number of fused-ring (bicyclic) bond motifs is 1. The summed E-state index contributed by atoms with van der Waals surface area (Å²) in [4.78, 5) is 26.5. The van der Waals surface area contributed by atoms with Crippen LogP contribution in [0.1, 0.15) is 52.0 Å². The summed E-state index contributed by atoms with van der Waals surface area (Å²) >= 11 is 0. The lowest BCUT2D eigenvalue weighted by Gasteiger charge is -2.41. The molecule has 37 heavy (non-hydrogen) atoms. The number of unbranched alkanes of at least 4 members (excludes halogenated alkanes) is 3. The first-order valence-corrected chi connectivity index (χ1v) is 12.6. The molecular formula is C25H37N5O7. The summed E-state index contributed by atoms with van der Waals surface area (Å²) in [5, 5.41) is 9.26. The minimum atomic E-state index is -0.874. The molecule has 1 aromatic rings. The number of rotatable bonds is 13. The van der Waals surface area contributed by atoms with Gasteiger partial charge >= 0.3 is 6.09 Å². The number of carbonyl (C=O) groups excluding carboxylic acids is 2. The van der Waals surface area contributed by atoms with Crippen LogP contribution in [-0.4, -0.2) is 68.1 Å². The minimum Gasteiger partial charge on any atom is -0.445 e. The van der Waals surface area contributed by atoms with Crippen molar-refractivity contribution in [2.45, 2.75) is 89.5 Å². The highest BCUT2D eigenvalue weighted by molar-refractivity contribution is 5.73. The molecule has 12 heteroatoms. The van der Waals surface area contributed by atoms with Gasteiger partial charge in [0.25, 0.3) is 0 Å². The van der Waals surface area contributed by atoms with E-state index in [1.54, 1.807) is 13.8 Å². The van der Waals surface area contributed by atoms with Crippen molar-refractivity contribution in [1.29, 1.82) is 0 Å². The van der Waals surface area contributed by atoms with Crippen LogP contribution in [0.2, 0.25) is 0 Å². The van der Waals surface area contributed by atoms with Gasteiger partial charge in [0.2, 0.25) is 5.91 Å². The second-order valence-corrected chi connectivity index (χ2v) is 9.52. The minimum absolute atomic E-state index is 0.0601. The van der Waals surface area contributed by atoms with Crippen LogP contribution in [-0.2, 0) is 35.1 Å². The van der Waals surface area contributed by atoms with E-state index in [-0.39, 0.29) is 19.1 Å². The first-order valence-electron chi connectivity index (χ1n) is 12.6. The number of amides is 2. The molecule has 0 saturated carbocycles. The molecule has 2 heterocycles. The summed E-state index contributed by atoms with van der Waals surface area (Å²) in [6, 6.07) is 8.95. The third-order valence-electron chi connectivity index (χ3n) is 6.02. The van der Waals surface area contributed by atoms with Crippen LogP contribution in [0.25, 0.3) is 10.4 Å². The van der Waals surface area contributed by atoms with Crippen LogP contribution in [0.5, 0.6) is 0 Å². The SMILES string of the molecule is CC(=O)NC1C(OCCCCCCNC(=O)OCc2ccccc2)OC(CN=[N+]=[N-])C2OC(C)(C)OC12. The van der Waals surface area contributed by atoms with Gasteiger partial charge in [-0.2, -0.15) is 0 Å². The van der Waals surface area contributed by atoms with Gasteiger partial charge in [-0.05, 0) is 37.8 Å². The first kappa shape index (κ1) is 28.7. The number of nitrogens with one attached hydrogen (secondary N) is 2. The summed E-state index contributed by atoms with van der Waals surface area (Å²) in [5.41, 5.74) is 9.70. The Labute approximate surface area is 216 Å². The predicted octanol–water partition coefficient (Wildman–Crippen LogP) is 3.55. The van der Waals surface area contributed by atoms with Gasteiger partial charge in [-0.25, -0.2) is 4.79 Å². The van der Waals surface area contributed by atoms with Crippen molar-refractivity contribution in [3.8, 4) is 0 Å². The molecule has 2 aliphatic heterocycles. The maximum absolute atomic E-state index is 11.9. The van der Waals surface area contributed by atoms with Crippen LogP contribution in [0, 0.1) is 0 Å². The van der Waals surface area contributed by atoms with Crippen molar-refractivity contribution in [3.05, 3.63) is 46.3 Å². The van der Waals surface area contributed by atoms with Gasteiger partial charge in [-0.1, -0.05) is 48.3 Å². The van der Waals surface area contributed by atoms with Crippen molar-refractivity contribution >= 4 is 12.0 Å². The fourth-order valence-electron chi connectivity index (χ4n) is 4.41. The highest BCUT2D eigenvalue weighted by Gasteiger charge is 2.55. The van der Waals surface area contributed by atoms with Crippen molar-refractivity contribution in [3.63, 3.8) is 0 Å². The van der Waals surface area contributed by atoms with Gasteiger partial charge in [0, 0.05) is 25.0 Å². The molecule has 2 N–H and O–H groups in total. The summed E-state index contributed by atoms with van der Waals surface area (Å²) in [5.74, 6) is -1.11. The molecule has 3 rings (SSSR count). The summed E-state index contributed by atoms with van der Waals surface area (Å²) in [6.07, 6.45) is 0.579. The Morgan fingerprint density at radius 1 is 1.11 bits per heavy atom. The summed E-state index contributed by atoms with van der Waals surface area (Å²) in [7, 11) is 0. The second kappa shape index (κ2) is 14.2. The summed E-state index contributed by atoms with van der Waals surface area (Å²) in [6.45, 7) is 6.23. The van der Waals surface area contributed by atoms with Gasteiger partial charge < -0.3 is 34.3 Å². The highest BCUT2D eigenvalue weighted by Crippen LogP contribution is 2.38. The number of azide groups is 1. The molecule has 5 unspecified atom stereocenters. The number of nitrogens with zero attached hydrogens (tertiary/aromatic N) is 3. The molecule has 0 radical (unpaired) electrons. The van der Waals surface area contributed by atoms with Crippen LogP contribution in [0.3, 0.4) is 0 Å². The Morgan fingerprint density at radius 3 is 2.57 bits per heavy atom. The quantitative estimate of drug-likeness (QED) is 0.175. The Bertz CT molecular complexity index is 925. The third-order valence-corrected chi connectivity index (χ3v) is 6.02. The molecule has 0 aliphatic carbocycles. The first-order chi connectivity index (χ1) is 17.8. The average molecular weight is 520 g/mol. The predicted molar refractivity (Wildman–Crippen MR) is 133 cm³/mol. The number of hydrogen-bond acceptors (Lipinski definition) is 8. The molecule has 204 valence electrons. The zero-order valence-corrected chi connectivity index (χ0v) is 21.6. The lowest BCUT2D eigenvalue weighted by atomic mass is 9.96. The monoisotopic (exact) mass is 519 g/mol. The second-order valence-electron chi connectivity index (χ2n) is 9.52. The van der Waals surface area contributed by atoms with Gasteiger partial charge in [0.05, 0.1) is 12.6 Å². The van der Waals surface area contributed by atoms with Crippen LogP contribution < -0.4 is 10.6 Å². The lowest BCUT2D eigenvalue weighted by molar-refractivity contribution is -0.242. The number of ether oxygens (including phenoxy) is 5. The Hall–Kier alpha value is -2.89. The molecule has 5 atom stereocenters. The molecular weight excluding hydrogens is 482 g/mol. The van der Waals surface area contributed by atoms with Crippen molar-refractivity contribution < 1.29 is 33.3 Å². The normalized spacial score (nSPS) is 26.0. The van der Waals surface area contributed by atoms with E-state index in [1.165, 1.54) is 6.92 Å². The maximum atomic E-state index is 11.9. The van der Waals surface area contributed by atoms with Gasteiger partial charge in [0.15, 0.2) is 12.1 Å². The zero-order valence-electron chi connectivity index (χ0n) is 21.6. The third kappa shape index (κ3) is 9.17. The lowest BCUT2D eigenvalue weighted by Crippen LogP contribution is -2.63. The highest BCUT2D eigenvalue weighted by atomic mass is 16.8. The Kier molecular flexibility index (Phi) is 11.0. The molecule has 2 aliphatic rings. The van der Waals surface area contributed by atoms with E-state index in [2.05, 4.69) is 20.7 Å². The van der Waals surface area contributed by atoms with E-state index in [4.69, 9.17) is 29.2 Å². The number of hydrogen-bond donors (Lipinski definition) is 2. The molecule has 0 bridgehead atoms. The van der Waals surface area contributed by atoms with Crippen LogP contribution >= 0.6 is 0 Å². The van der Waals surface area contributed by atoms with E-state index in [1.807, 2.05) is 30.3 Å². The largest absolute Gasteiger partial charge is 0.445 e. The average Bonchev–Trinajstić information content (AvgIpc) is 3.20. The molecule has 0 aromatic heterocycles. The molecule has 2 saturated heterocycles. The van der Waals surface area contributed by atoms with E-state index < -0.39 is 42.5 Å². The number of carbonyl (C=O) groups is 2. The zero-order chi connectivity index (χ0) is 26.7. The fourth-order valence-corrected chi connectivity index (χ4v) is 4.41. The van der Waals surface area contributed by atoms with Crippen molar-refractivity contribution in [2.75, 3.05) is 19.7 Å². The van der Waals surface area contributed by atoms with Crippen LogP contribution in [0.15, 0.2) is 35.4 Å². The van der Waals surface area contributed by atoms with E-state index in [9.17, 15) is 9.59 Å². The molecule has 12 nitrogen and oxygen atoms in total. The summed E-state index contributed by atoms with van der Waals surface area (Å²) < 4.78 is 29.3. The molecule has 1 aromatic carbocycles. The Balaban J connectivity index is 1.37. The van der Waals surface area contributed by atoms with Crippen LogP contribution in [0.4, 0.5) is 4.79 Å². The molecule has 2 fully saturated rings. The topological polar surface area (TPSA) is 153 Å². The van der Waals surface area contributed by atoms with Crippen molar-refractivity contribution in [2.24, 2.45) is 5.11 Å². The van der Waals surface area contributed by atoms with E-state index in [0.717, 1.165) is 31.2 Å². The van der Waals surface area contributed by atoms with E-state index in [0.29, 0.717) is 13.2 Å². The number of alkyl carbamates (subject to hydrolysis) is 1. The maximum Gasteiger partial charge on any atom is 0.407 e. The smallest absolute Gasteiger partial charge is 0.407 e. The number of benzene rings is 1. The van der Waals surface area contributed by atoms with E-state index >= 15 is 0 Å². The molecule has 2 amide bonds. The van der Waals surface area contributed by atoms with Gasteiger partial charge in [0.1, 0.15) is 24.9 Å². The Morgan fingerprint density at radius 2 is 1.84 bits per heavy atom. The van der Waals surface area contributed by atoms with Gasteiger partial charge in [-0.15, -0.1) is 0 Å². The fraction of sp³-hybridized carbons (Fsp3) is 0.680. The van der Waals surface area contributed by atoms with Crippen molar-refractivity contribution in [1.82, 2.24) is 10.6 Å². The van der Waals surface area contributed by atoms with Gasteiger partial charge in [-0.3, -0.25) is 4.79 Å². The standard InChI is InChI=1S/C25H37N5O7/c1-17(31)29-20-22-21(36-25(2,3)37-22)19(15-28-30-26)35-23(20)33-14-10-5-4-9-13-27-24(32)34-16-18-11-7-6-8-12-18/h6-8,11-12,19-23H,4-5,9-10,13-16H2,1-3H3,(H,27,32)(H,29,31).